The summed E-state index contributed by atoms with van der Waals surface area (Å²) in [5, 5.41) is 2.47. The van der Waals surface area contributed by atoms with Gasteiger partial charge >= 0.3 is 0 Å². The van der Waals surface area contributed by atoms with Crippen LogP contribution >= 0.6 is 23.5 Å². The minimum atomic E-state index is -0.387. The minimum absolute atomic E-state index is 0.00360. The highest BCUT2D eigenvalue weighted by Crippen LogP contribution is 2.48. The molecule has 1 atom stereocenters. The second-order valence-electron chi connectivity index (χ2n) is 7.96. The Bertz CT molecular complexity index is 1350. The highest BCUT2D eigenvalue weighted by molar-refractivity contribution is 8.00. The van der Waals surface area contributed by atoms with E-state index >= 15 is 0 Å². The highest BCUT2D eigenvalue weighted by Gasteiger charge is 2.31. The molecule has 0 aromatic heterocycles. The minimum Gasteiger partial charge on any atom is -0.322 e. The van der Waals surface area contributed by atoms with Gasteiger partial charge in [0.25, 0.3) is 5.91 Å². The van der Waals surface area contributed by atoms with Gasteiger partial charge in [0.1, 0.15) is 5.82 Å². The summed E-state index contributed by atoms with van der Waals surface area (Å²) in [5.41, 5.74) is 2.79. The molecule has 0 aliphatic carbocycles. The molecule has 5 rings (SSSR count). The first-order valence-electron chi connectivity index (χ1n) is 11.0. The molecule has 0 fully saturated rings. The average Bonchev–Trinajstić information content (AvgIpc) is 2.88. The van der Waals surface area contributed by atoms with E-state index in [2.05, 4.69) is 5.32 Å². The molecule has 2 amide bonds. The summed E-state index contributed by atoms with van der Waals surface area (Å²) in [6.45, 7) is 1.91. The fourth-order valence-electron chi connectivity index (χ4n) is 3.80. The van der Waals surface area contributed by atoms with E-state index in [1.54, 1.807) is 23.9 Å². The first-order valence-corrected chi connectivity index (χ1v) is 12.7. The predicted molar refractivity (Wildman–Crippen MR) is 140 cm³/mol. The molecule has 0 spiro atoms. The number of carbonyl (C=O) groups excluding carboxylic acids is 2. The average molecular weight is 501 g/mol. The number of anilines is 3. The number of halogens is 1. The summed E-state index contributed by atoms with van der Waals surface area (Å²) >= 11 is 3.14. The number of para-hydroxylation sites is 2. The number of thioether (sulfide) groups is 1. The Morgan fingerprint density at radius 1 is 0.829 bits per heavy atom. The summed E-state index contributed by atoms with van der Waals surface area (Å²) in [6.07, 6.45) is 0. The van der Waals surface area contributed by atoms with E-state index in [1.807, 2.05) is 72.5 Å². The number of amides is 2. The quantitative estimate of drug-likeness (QED) is 0.290. The zero-order valence-electron chi connectivity index (χ0n) is 18.8. The van der Waals surface area contributed by atoms with Gasteiger partial charge in [-0.2, -0.15) is 0 Å². The fraction of sp³-hybridized carbons (Fsp3) is 0.0714. The number of carbonyl (C=O) groups is 2. The van der Waals surface area contributed by atoms with Crippen molar-refractivity contribution in [2.75, 3.05) is 10.2 Å². The monoisotopic (exact) mass is 500 g/mol. The normalized spacial score (nSPS) is 12.9. The molecule has 0 saturated carbocycles. The van der Waals surface area contributed by atoms with Crippen LogP contribution in [0.15, 0.2) is 112 Å². The van der Waals surface area contributed by atoms with Gasteiger partial charge in [0, 0.05) is 25.9 Å². The molecule has 1 aliphatic heterocycles. The zero-order valence-corrected chi connectivity index (χ0v) is 20.4. The predicted octanol–water partition coefficient (Wildman–Crippen LogP) is 7.39. The van der Waals surface area contributed by atoms with Crippen molar-refractivity contribution in [2.45, 2.75) is 26.9 Å². The number of hydrogen-bond donors (Lipinski definition) is 1. The first kappa shape index (κ1) is 23.2. The summed E-state index contributed by atoms with van der Waals surface area (Å²) in [5.74, 6) is -0.694. The lowest BCUT2D eigenvalue weighted by Crippen LogP contribution is -2.34. The highest BCUT2D eigenvalue weighted by atomic mass is 32.2. The van der Waals surface area contributed by atoms with Crippen LogP contribution in [-0.2, 0) is 4.79 Å². The van der Waals surface area contributed by atoms with Crippen molar-refractivity contribution < 1.29 is 14.0 Å². The Balaban J connectivity index is 1.30. The number of nitrogens with one attached hydrogen (secondary N) is 1. The summed E-state index contributed by atoms with van der Waals surface area (Å²) in [6, 6.07) is 28.6. The third-order valence-electron chi connectivity index (χ3n) is 5.53. The number of hydrogen-bond acceptors (Lipinski definition) is 4. The molecular weight excluding hydrogens is 479 g/mol. The van der Waals surface area contributed by atoms with E-state index in [-0.39, 0.29) is 22.9 Å². The number of benzene rings is 4. The number of nitrogens with zero attached hydrogens (tertiary/aromatic N) is 1. The summed E-state index contributed by atoms with van der Waals surface area (Å²) in [7, 11) is 0. The van der Waals surface area contributed by atoms with E-state index < -0.39 is 0 Å². The second kappa shape index (κ2) is 9.98. The van der Waals surface area contributed by atoms with E-state index in [0.717, 1.165) is 26.1 Å². The van der Waals surface area contributed by atoms with E-state index in [9.17, 15) is 14.0 Å². The van der Waals surface area contributed by atoms with E-state index in [1.165, 1.54) is 36.0 Å². The Kier molecular flexibility index (Phi) is 6.61. The van der Waals surface area contributed by atoms with Crippen LogP contribution < -0.4 is 10.2 Å². The molecule has 0 bridgehead atoms. The van der Waals surface area contributed by atoms with Gasteiger partial charge in [0.05, 0.1) is 16.6 Å². The van der Waals surface area contributed by atoms with Gasteiger partial charge in [-0.25, -0.2) is 4.39 Å². The standard InChI is InChI=1S/C28H21FN2O2S2/c1-18(28(33)31-23-6-2-4-8-25(23)35-26-9-5-3-7-24(26)31)34-22-16-14-21(15-17-22)30-27(32)19-10-12-20(29)13-11-19/h2-18H,1H3,(H,30,32). The maximum Gasteiger partial charge on any atom is 0.255 e. The largest absolute Gasteiger partial charge is 0.322 e. The van der Waals surface area contributed by atoms with Crippen LogP contribution in [0.4, 0.5) is 21.5 Å². The second-order valence-corrected chi connectivity index (χ2v) is 10.5. The van der Waals surface area contributed by atoms with Crippen molar-refractivity contribution in [3.8, 4) is 0 Å². The van der Waals surface area contributed by atoms with Crippen molar-refractivity contribution in [3.63, 3.8) is 0 Å². The van der Waals surface area contributed by atoms with Crippen LogP contribution in [-0.4, -0.2) is 17.1 Å². The zero-order chi connectivity index (χ0) is 24.4. The van der Waals surface area contributed by atoms with Crippen LogP contribution in [0.5, 0.6) is 0 Å². The maximum atomic E-state index is 13.6. The number of fused-ring (bicyclic) bond motifs is 2. The lowest BCUT2D eigenvalue weighted by atomic mass is 10.2. The van der Waals surface area contributed by atoms with Crippen molar-refractivity contribution >= 4 is 52.4 Å². The molecule has 4 nitrogen and oxygen atoms in total. The summed E-state index contributed by atoms with van der Waals surface area (Å²) < 4.78 is 13.1. The Morgan fingerprint density at radius 3 is 2.00 bits per heavy atom. The number of rotatable bonds is 5. The molecule has 1 unspecified atom stereocenters. The van der Waals surface area contributed by atoms with Gasteiger partial charge in [-0.15, -0.1) is 11.8 Å². The Hall–Kier alpha value is -3.55. The van der Waals surface area contributed by atoms with Gasteiger partial charge in [-0.05, 0) is 79.7 Å². The van der Waals surface area contributed by atoms with Crippen molar-refractivity contribution in [1.29, 1.82) is 0 Å². The molecule has 174 valence electrons. The van der Waals surface area contributed by atoms with Crippen LogP contribution in [0.1, 0.15) is 17.3 Å². The lowest BCUT2D eigenvalue weighted by molar-refractivity contribution is -0.117. The van der Waals surface area contributed by atoms with E-state index in [0.29, 0.717) is 11.3 Å². The molecule has 35 heavy (non-hydrogen) atoms. The molecule has 4 aromatic carbocycles. The molecule has 7 heteroatoms. The van der Waals surface area contributed by atoms with Crippen molar-refractivity contribution in [3.05, 3.63) is 108 Å². The topological polar surface area (TPSA) is 49.4 Å². The van der Waals surface area contributed by atoms with Crippen LogP contribution in [0.25, 0.3) is 0 Å². The first-order chi connectivity index (χ1) is 17.0. The van der Waals surface area contributed by atoms with E-state index in [4.69, 9.17) is 0 Å². The van der Waals surface area contributed by atoms with Crippen LogP contribution in [0.3, 0.4) is 0 Å². The molecule has 1 aliphatic rings. The SMILES string of the molecule is CC(Sc1ccc(NC(=O)c2ccc(F)cc2)cc1)C(=O)N1c2ccccc2Sc2ccccc21. The third kappa shape index (κ3) is 4.97. The molecular formula is C28H21FN2O2S2. The Labute approximate surface area is 211 Å². The molecule has 1 N–H and O–H groups in total. The summed E-state index contributed by atoms with van der Waals surface area (Å²) in [4.78, 5) is 30.8. The van der Waals surface area contributed by atoms with Gasteiger partial charge in [0.15, 0.2) is 0 Å². The Morgan fingerprint density at radius 2 is 1.40 bits per heavy atom. The van der Waals surface area contributed by atoms with Crippen molar-refractivity contribution in [1.82, 2.24) is 0 Å². The smallest absolute Gasteiger partial charge is 0.255 e. The molecule has 0 radical (unpaired) electrons. The third-order valence-corrected chi connectivity index (χ3v) is 7.76. The molecule has 4 aromatic rings. The lowest BCUT2D eigenvalue weighted by Gasteiger charge is -2.32. The van der Waals surface area contributed by atoms with Gasteiger partial charge in [-0.1, -0.05) is 36.0 Å². The van der Waals surface area contributed by atoms with Crippen LogP contribution in [0, 0.1) is 5.82 Å². The maximum absolute atomic E-state index is 13.6. The molecule has 0 saturated heterocycles. The van der Waals surface area contributed by atoms with Crippen molar-refractivity contribution in [2.24, 2.45) is 0 Å². The molecule has 1 heterocycles. The fourth-order valence-corrected chi connectivity index (χ4v) is 5.77. The van der Waals surface area contributed by atoms with Gasteiger partial charge in [-0.3, -0.25) is 14.5 Å². The van der Waals surface area contributed by atoms with Crippen LogP contribution in [0.2, 0.25) is 0 Å². The van der Waals surface area contributed by atoms with Gasteiger partial charge in [0.2, 0.25) is 5.91 Å². The van der Waals surface area contributed by atoms with Gasteiger partial charge < -0.3 is 5.32 Å².